The van der Waals surface area contributed by atoms with Gasteiger partial charge in [0.25, 0.3) is 0 Å². The molecule has 3 aromatic rings. The first-order valence-electron chi connectivity index (χ1n) is 12.5. The predicted octanol–water partition coefficient (Wildman–Crippen LogP) is 8.47. The zero-order chi connectivity index (χ0) is 22.0. The Morgan fingerprint density at radius 2 is 1.67 bits per heavy atom. The normalized spacial score (nSPS) is 19.3. The van der Waals surface area contributed by atoms with Gasteiger partial charge >= 0.3 is 0 Å². The quantitative estimate of drug-likeness (QED) is 0.396. The molecule has 0 aromatic heterocycles. The molecule has 0 saturated heterocycles. The van der Waals surface area contributed by atoms with Gasteiger partial charge in [0, 0.05) is 22.5 Å². The minimum atomic E-state index is 0.161. The van der Waals surface area contributed by atoms with E-state index in [4.69, 9.17) is 0 Å². The van der Waals surface area contributed by atoms with Gasteiger partial charge < -0.3 is 4.90 Å². The van der Waals surface area contributed by atoms with E-state index in [1.54, 1.807) is 11.1 Å². The lowest BCUT2D eigenvalue weighted by Crippen LogP contribution is -2.25. The van der Waals surface area contributed by atoms with Gasteiger partial charge in [-0.25, -0.2) is 0 Å². The van der Waals surface area contributed by atoms with Crippen molar-refractivity contribution < 1.29 is 0 Å². The molecule has 3 aromatic carbocycles. The van der Waals surface area contributed by atoms with Gasteiger partial charge in [-0.15, -0.1) is 0 Å². The van der Waals surface area contributed by atoms with Crippen molar-refractivity contribution in [3.05, 3.63) is 113 Å². The second kappa shape index (κ2) is 7.09. The average Bonchev–Trinajstić information content (AvgIpc) is 3.47. The monoisotopic (exact) mass is 427 g/mol. The number of rotatable bonds is 2. The number of hydrogen-bond donors (Lipinski definition) is 0. The Hall–Kier alpha value is -3.32. The molecule has 162 valence electrons. The van der Waals surface area contributed by atoms with E-state index in [9.17, 15) is 0 Å². The maximum Gasteiger partial charge on any atom is 0.0496 e. The highest BCUT2D eigenvalue weighted by atomic mass is 15.2. The molecular weight excluding hydrogens is 398 g/mol. The number of hydrogen-bond acceptors (Lipinski definition) is 1. The summed E-state index contributed by atoms with van der Waals surface area (Å²) in [6.07, 6.45) is 15.2. The second-order valence-corrected chi connectivity index (χ2v) is 10.1. The highest BCUT2D eigenvalue weighted by molar-refractivity contribution is 5.86. The van der Waals surface area contributed by atoms with Crippen LogP contribution in [0.25, 0.3) is 17.2 Å². The second-order valence-electron chi connectivity index (χ2n) is 10.1. The summed E-state index contributed by atoms with van der Waals surface area (Å²) in [6, 6.07) is 23.2. The summed E-state index contributed by atoms with van der Waals surface area (Å²) in [7, 11) is 0. The first-order valence-corrected chi connectivity index (χ1v) is 12.5. The van der Waals surface area contributed by atoms with Gasteiger partial charge in [-0.3, -0.25) is 0 Å². The molecule has 1 saturated carbocycles. The van der Waals surface area contributed by atoms with E-state index < -0.39 is 0 Å². The molecule has 1 fully saturated rings. The minimum absolute atomic E-state index is 0.161. The molecule has 33 heavy (non-hydrogen) atoms. The van der Waals surface area contributed by atoms with E-state index >= 15 is 0 Å². The Morgan fingerprint density at radius 3 is 2.52 bits per heavy atom. The summed E-state index contributed by atoms with van der Waals surface area (Å²) >= 11 is 0. The molecule has 1 heteroatoms. The van der Waals surface area contributed by atoms with Crippen LogP contribution in [0.4, 0.5) is 11.4 Å². The maximum absolute atomic E-state index is 4.04. The van der Waals surface area contributed by atoms with Gasteiger partial charge in [0.05, 0.1) is 0 Å². The highest BCUT2D eigenvalue weighted by Crippen LogP contribution is 2.58. The zero-order valence-electron chi connectivity index (χ0n) is 19.1. The third kappa shape index (κ3) is 2.66. The largest absolute Gasteiger partial charge is 0.310 e. The molecule has 3 aliphatic carbocycles. The lowest BCUT2D eigenvalue weighted by Gasteiger charge is -2.36. The molecular formula is C32H29N. The fraction of sp³-hybridized carbons (Fsp3) is 0.250. The lowest BCUT2D eigenvalue weighted by atomic mass is 9.76. The minimum Gasteiger partial charge on any atom is -0.310 e. The van der Waals surface area contributed by atoms with Gasteiger partial charge in [0.15, 0.2) is 0 Å². The van der Waals surface area contributed by atoms with Crippen LogP contribution in [0.1, 0.15) is 60.8 Å². The Morgan fingerprint density at radius 1 is 0.879 bits per heavy atom. The molecule has 4 aliphatic rings. The smallest absolute Gasteiger partial charge is 0.0496 e. The van der Waals surface area contributed by atoms with E-state index in [1.807, 2.05) is 6.08 Å². The lowest BCUT2D eigenvalue weighted by molar-refractivity contribution is 0.550. The summed E-state index contributed by atoms with van der Waals surface area (Å²) in [5, 5.41) is 0. The van der Waals surface area contributed by atoms with Crippen molar-refractivity contribution in [2.24, 2.45) is 0 Å². The van der Waals surface area contributed by atoms with Crippen LogP contribution in [0.2, 0.25) is 0 Å². The van der Waals surface area contributed by atoms with Crippen LogP contribution in [-0.2, 0) is 11.8 Å². The molecule has 7 rings (SSSR count). The van der Waals surface area contributed by atoms with Crippen LogP contribution in [0.5, 0.6) is 0 Å². The van der Waals surface area contributed by atoms with Crippen molar-refractivity contribution in [2.75, 3.05) is 4.90 Å². The van der Waals surface area contributed by atoms with Crippen LogP contribution in [0, 0.1) is 0 Å². The third-order valence-electron chi connectivity index (χ3n) is 8.45. The summed E-state index contributed by atoms with van der Waals surface area (Å²) in [5.74, 6) is 0. The molecule has 1 spiro atoms. The SMILES string of the molecule is C=Cc1ccc2c(c1)C1(CCCC1)c1cc(N3C4=C(CCC=C4)Cc4ccccc43)ccc1-2. The summed E-state index contributed by atoms with van der Waals surface area (Å²) in [5.41, 5.74) is 14.4. The first-order chi connectivity index (χ1) is 16.3. The van der Waals surface area contributed by atoms with Crippen LogP contribution >= 0.6 is 0 Å². The number of anilines is 2. The average molecular weight is 428 g/mol. The molecule has 0 unspecified atom stereocenters. The molecule has 1 heterocycles. The van der Waals surface area contributed by atoms with Crippen molar-refractivity contribution >= 4 is 17.5 Å². The van der Waals surface area contributed by atoms with E-state index in [-0.39, 0.29) is 5.41 Å². The van der Waals surface area contributed by atoms with Crippen molar-refractivity contribution in [3.63, 3.8) is 0 Å². The van der Waals surface area contributed by atoms with Crippen molar-refractivity contribution in [1.82, 2.24) is 0 Å². The predicted molar refractivity (Wildman–Crippen MR) is 139 cm³/mol. The van der Waals surface area contributed by atoms with Gasteiger partial charge in [0.2, 0.25) is 0 Å². The molecule has 0 bridgehead atoms. The topological polar surface area (TPSA) is 3.24 Å². The number of fused-ring (bicyclic) bond motifs is 6. The fourth-order valence-electron chi connectivity index (χ4n) is 6.91. The fourth-order valence-corrected chi connectivity index (χ4v) is 6.91. The van der Waals surface area contributed by atoms with Crippen LogP contribution in [0.3, 0.4) is 0 Å². The van der Waals surface area contributed by atoms with Gasteiger partial charge in [-0.05, 0) is 95.3 Å². The van der Waals surface area contributed by atoms with Gasteiger partial charge in [-0.1, -0.05) is 74.0 Å². The molecule has 0 radical (unpaired) electrons. The van der Waals surface area contributed by atoms with Crippen molar-refractivity contribution in [1.29, 1.82) is 0 Å². The van der Waals surface area contributed by atoms with E-state index in [1.165, 1.54) is 77.0 Å². The number of allylic oxidation sites excluding steroid dienone is 3. The molecule has 0 atom stereocenters. The summed E-state index contributed by atoms with van der Waals surface area (Å²) < 4.78 is 0. The van der Waals surface area contributed by atoms with Gasteiger partial charge in [-0.2, -0.15) is 0 Å². The van der Waals surface area contributed by atoms with Crippen LogP contribution < -0.4 is 4.90 Å². The number of nitrogens with zero attached hydrogens (tertiary/aromatic N) is 1. The van der Waals surface area contributed by atoms with Crippen LogP contribution in [-0.4, -0.2) is 0 Å². The standard InChI is InChI=1S/C32H29N/c1-2-22-13-15-26-27-16-14-25(21-29(27)32(28(26)19-22)17-7-8-18-32)33-30-11-5-3-9-23(30)20-24-10-4-6-12-31(24)33/h2-3,5-6,9,11-16,19,21H,1,4,7-8,10,17-18,20H2. The highest BCUT2D eigenvalue weighted by Gasteiger charge is 2.45. The van der Waals surface area contributed by atoms with Gasteiger partial charge in [0.1, 0.15) is 0 Å². The Balaban J connectivity index is 1.44. The first kappa shape index (κ1) is 19.2. The van der Waals surface area contributed by atoms with E-state index in [0.717, 1.165) is 12.8 Å². The molecule has 1 nitrogen and oxygen atoms in total. The Labute approximate surface area is 196 Å². The number of benzene rings is 3. The maximum atomic E-state index is 4.04. The zero-order valence-corrected chi connectivity index (χ0v) is 19.1. The summed E-state index contributed by atoms with van der Waals surface area (Å²) in [4.78, 5) is 2.53. The Bertz CT molecular complexity index is 1360. The van der Waals surface area contributed by atoms with Crippen LogP contribution in [0.15, 0.2) is 90.7 Å². The molecule has 0 N–H and O–H groups in total. The molecule has 0 amide bonds. The third-order valence-corrected chi connectivity index (χ3v) is 8.45. The Kier molecular flexibility index (Phi) is 4.12. The van der Waals surface area contributed by atoms with Crippen molar-refractivity contribution in [3.8, 4) is 11.1 Å². The van der Waals surface area contributed by atoms with Crippen molar-refractivity contribution in [2.45, 2.75) is 50.4 Å². The van der Waals surface area contributed by atoms with E-state index in [0.29, 0.717) is 0 Å². The number of para-hydroxylation sites is 1. The van der Waals surface area contributed by atoms with E-state index in [2.05, 4.69) is 84.3 Å². The summed E-state index contributed by atoms with van der Waals surface area (Å²) in [6.45, 7) is 4.04. The molecule has 1 aliphatic heterocycles.